The lowest BCUT2D eigenvalue weighted by Gasteiger charge is -2.13. The number of carbonyl (C=O) groups excluding carboxylic acids is 2. The highest BCUT2D eigenvalue weighted by molar-refractivity contribution is 7.58. The van der Waals surface area contributed by atoms with Crippen molar-refractivity contribution in [2.45, 2.75) is 37.6 Å². The number of ether oxygens (including phenoxy) is 1. The van der Waals surface area contributed by atoms with Crippen LogP contribution in [0.4, 0.5) is 0 Å². The second-order valence-electron chi connectivity index (χ2n) is 7.77. The van der Waals surface area contributed by atoms with Gasteiger partial charge >= 0.3 is 11.9 Å². The van der Waals surface area contributed by atoms with Crippen molar-refractivity contribution < 1.29 is 23.8 Å². The highest BCUT2D eigenvalue weighted by atomic mass is 31.2. The number of nitrogens with one attached hydrogen (secondary N) is 1. The van der Waals surface area contributed by atoms with E-state index in [9.17, 15) is 19.0 Å². The van der Waals surface area contributed by atoms with Gasteiger partial charge in [0.2, 0.25) is 7.37 Å². The van der Waals surface area contributed by atoms with Crippen molar-refractivity contribution in [1.29, 1.82) is 0 Å². The standard InChI is InChI=1S/C23H28NO5P/c25-22(17-30(27,28)14-8-7-11-18-9-3-1-4-10-18)29-23(26)21-15-20(16-24-21)19-12-5-2-6-13-19/h1-6,9-10,12-13,20-21,24H,7-8,11,14-17H2,(H,27,28)/t20-,21-/m0/s1. The van der Waals surface area contributed by atoms with Gasteiger partial charge in [0, 0.05) is 12.7 Å². The Morgan fingerprint density at radius 2 is 1.70 bits per heavy atom. The molecule has 3 atom stereocenters. The number of hydrogen-bond donors (Lipinski definition) is 2. The van der Waals surface area contributed by atoms with Crippen LogP contribution >= 0.6 is 7.37 Å². The van der Waals surface area contributed by atoms with Gasteiger partial charge in [-0.15, -0.1) is 0 Å². The predicted octanol–water partition coefficient (Wildman–Crippen LogP) is 3.50. The quantitative estimate of drug-likeness (QED) is 0.274. The minimum Gasteiger partial charge on any atom is -0.392 e. The topological polar surface area (TPSA) is 92.7 Å². The minimum absolute atomic E-state index is 0.0425. The molecule has 1 saturated heterocycles. The van der Waals surface area contributed by atoms with Gasteiger partial charge in [0.25, 0.3) is 0 Å². The number of carbonyl (C=O) groups is 2. The first-order valence-electron chi connectivity index (χ1n) is 10.3. The molecule has 0 aliphatic carbocycles. The van der Waals surface area contributed by atoms with Gasteiger partial charge in [0.1, 0.15) is 12.2 Å². The fourth-order valence-corrected chi connectivity index (χ4v) is 5.07. The molecule has 160 valence electrons. The maximum absolute atomic E-state index is 12.3. The van der Waals surface area contributed by atoms with Gasteiger partial charge in [0.15, 0.2) is 0 Å². The molecule has 0 radical (unpaired) electrons. The monoisotopic (exact) mass is 429 g/mol. The maximum atomic E-state index is 12.3. The highest BCUT2D eigenvalue weighted by Gasteiger charge is 2.33. The number of rotatable bonds is 9. The fraction of sp³-hybridized carbons (Fsp3) is 0.391. The summed E-state index contributed by atoms with van der Waals surface area (Å²) in [6.07, 6.45) is 2.06. The third-order valence-corrected chi connectivity index (χ3v) is 7.11. The van der Waals surface area contributed by atoms with E-state index in [4.69, 9.17) is 4.74 Å². The normalized spacial score (nSPS) is 20.4. The average Bonchev–Trinajstić information content (AvgIpc) is 3.23. The van der Waals surface area contributed by atoms with E-state index in [0.717, 1.165) is 18.4 Å². The summed E-state index contributed by atoms with van der Waals surface area (Å²) in [5.41, 5.74) is 2.30. The Balaban J connectivity index is 1.38. The molecule has 7 heteroatoms. The molecule has 2 aromatic rings. The first kappa shape index (κ1) is 22.4. The molecule has 1 aliphatic rings. The zero-order valence-corrected chi connectivity index (χ0v) is 17.8. The molecule has 1 fully saturated rings. The van der Waals surface area contributed by atoms with Gasteiger partial charge in [-0.2, -0.15) is 0 Å². The maximum Gasteiger partial charge on any atom is 0.330 e. The Bertz CT molecular complexity index is 887. The zero-order chi connectivity index (χ0) is 21.4. The molecule has 3 rings (SSSR count). The molecule has 0 aromatic heterocycles. The molecule has 1 aliphatic heterocycles. The average molecular weight is 429 g/mol. The summed E-state index contributed by atoms with van der Waals surface area (Å²) in [4.78, 5) is 34.4. The van der Waals surface area contributed by atoms with Gasteiger partial charge in [-0.1, -0.05) is 60.7 Å². The summed E-state index contributed by atoms with van der Waals surface area (Å²) >= 11 is 0. The lowest BCUT2D eigenvalue weighted by molar-refractivity contribution is -0.159. The van der Waals surface area contributed by atoms with Crippen molar-refractivity contribution in [2.75, 3.05) is 18.9 Å². The summed E-state index contributed by atoms with van der Waals surface area (Å²) in [7, 11) is -3.66. The van der Waals surface area contributed by atoms with E-state index in [1.54, 1.807) is 0 Å². The van der Waals surface area contributed by atoms with Crippen molar-refractivity contribution in [1.82, 2.24) is 5.32 Å². The molecule has 1 heterocycles. The van der Waals surface area contributed by atoms with E-state index in [1.807, 2.05) is 60.7 Å². The van der Waals surface area contributed by atoms with E-state index in [1.165, 1.54) is 5.56 Å². The Morgan fingerprint density at radius 3 is 2.40 bits per heavy atom. The molecule has 2 aromatic carbocycles. The molecular formula is C23H28NO5P. The molecule has 0 amide bonds. The van der Waals surface area contributed by atoms with Crippen LogP contribution in [0.25, 0.3) is 0 Å². The van der Waals surface area contributed by atoms with Crippen molar-refractivity contribution >= 4 is 19.3 Å². The van der Waals surface area contributed by atoms with Crippen molar-refractivity contribution in [3.63, 3.8) is 0 Å². The predicted molar refractivity (Wildman–Crippen MR) is 116 cm³/mol. The molecule has 0 saturated carbocycles. The Morgan fingerprint density at radius 1 is 1.03 bits per heavy atom. The van der Waals surface area contributed by atoms with Gasteiger partial charge in [-0.05, 0) is 42.7 Å². The fourth-order valence-electron chi connectivity index (χ4n) is 3.72. The Kier molecular flexibility index (Phi) is 7.97. The van der Waals surface area contributed by atoms with Crippen LogP contribution in [0.1, 0.15) is 36.3 Å². The summed E-state index contributed by atoms with van der Waals surface area (Å²) in [6, 6.07) is 19.2. The summed E-state index contributed by atoms with van der Waals surface area (Å²) in [6.45, 7) is 0.623. The third-order valence-electron chi connectivity index (χ3n) is 5.34. The van der Waals surface area contributed by atoms with Crippen LogP contribution in [0.3, 0.4) is 0 Å². The van der Waals surface area contributed by atoms with Gasteiger partial charge in [0.05, 0.1) is 0 Å². The second-order valence-corrected chi connectivity index (χ2v) is 10.2. The highest BCUT2D eigenvalue weighted by Crippen LogP contribution is 2.41. The van der Waals surface area contributed by atoms with Crippen LogP contribution in [0.2, 0.25) is 0 Å². The molecule has 2 N–H and O–H groups in total. The van der Waals surface area contributed by atoms with Crippen LogP contribution in [0.5, 0.6) is 0 Å². The Hall–Kier alpha value is -2.27. The number of hydrogen-bond acceptors (Lipinski definition) is 5. The molecule has 30 heavy (non-hydrogen) atoms. The van der Waals surface area contributed by atoms with Crippen LogP contribution in [0, 0.1) is 0 Å². The summed E-state index contributed by atoms with van der Waals surface area (Å²) in [5, 5.41) is 3.07. The molecule has 0 bridgehead atoms. The van der Waals surface area contributed by atoms with E-state index >= 15 is 0 Å². The molecule has 6 nitrogen and oxygen atoms in total. The summed E-state index contributed by atoms with van der Waals surface area (Å²) in [5.74, 6) is -1.44. The van der Waals surface area contributed by atoms with E-state index in [2.05, 4.69) is 5.32 Å². The van der Waals surface area contributed by atoms with Gasteiger partial charge < -0.3 is 14.9 Å². The van der Waals surface area contributed by atoms with E-state index in [0.29, 0.717) is 19.4 Å². The SMILES string of the molecule is O=C(CP(=O)(O)CCCCc1ccccc1)OC(=O)[C@@H]1C[C@H](c2ccccc2)CN1. The lowest BCUT2D eigenvalue weighted by atomic mass is 9.96. The lowest BCUT2D eigenvalue weighted by Crippen LogP contribution is -2.34. The number of esters is 2. The van der Waals surface area contributed by atoms with E-state index in [-0.39, 0.29) is 12.1 Å². The minimum atomic E-state index is -3.66. The van der Waals surface area contributed by atoms with Crippen LogP contribution in [-0.2, 0) is 25.3 Å². The number of benzene rings is 2. The van der Waals surface area contributed by atoms with Crippen LogP contribution in [0.15, 0.2) is 60.7 Å². The molecular weight excluding hydrogens is 401 g/mol. The second kappa shape index (κ2) is 10.7. The van der Waals surface area contributed by atoms with Crippen molar-refractivity contribution in [3.05, 3.63) is 71.8 Å². The van der Waals surface area contributed by atoms with Gasteiger partial charge in [-0.25, -0.2) is 4.79 Å². The largest absolute Gasteiger partial charge is 0.392 e. The van der Waals surface area contributed by atoms with Crippen molar-refractivity contribution in [3.8, 4) is 0 Å². The van der Waals surface area contributed by atoms with Crippen molar-refractivity contribution in [2.24, 2.45) is 0 Å². The third kappa shape index (κ3) is 6.91. The number of unbranched alkanes of at least 4 members (excludes halogenated alkanes) is 1. The smallest absolute Gasteiger partial charge is 0.330 e. The summed E-state index contributed by atoms with van der Waals surface area (Å²) < 4.78 is 17.2. The molecule has 0 spiro atoms. The zero-order valence-electron chi connectivity index (χ0n) is 16.9. The van der Waals surface area contributed by atoms with E-state index < -0.39 is 31.5 Å². The first-order valence-corrected chi connectivity index (χ1v) is 12.3. The van der Waals surface area contributed by atoms with Crippen LogP contribution in [-0.4, -0.2) is 41.7 Å². The number of aryl methyl sites for hydroxylation is 1. The molecule has 1 unspecified atom stereocenters. The van der Waals surface area contributed by atoms with Crippen LogP contribution < -0.4 is 5.32 Å². The first-order chi connectivity index (χ1) is 14.4. The van der Waals surface area contributed by atoms with Gasteiger partial charge in [-0.3, -0.25) is 9.36 Å². The Labute approximate surface area is 177 Å².